The molecule has 17 heavy (non-hydrogen) atoms. The van der Waals surface area contributed by atoms with Crippen molar-refractivity contribution >= 4 is 5.97 Å². The maximum absolute atomic E-state index is 11.1. The second-order valence-corrected chi connectivity index (χ2v) is 3.86. The van der Waals surface area contributed by atoms with Gasteiger partial charge in [-0.15, -0.1) is 0 Å². The van der Waals surface area contributed by atoms with Gasteiger partial charge in [-0.05, 0) is 24.1 Å². The van der Waals surface area contributed by atoms with Crippen molar-refractivity contribution in [1.29, 1.82) is 0 Å². The van der Waals surface area contributed by atoms with Crippen LogP contribution in [0.5, 0.6) is 0 Å². The molecular weight excluding hydrogens is 216 g/mol. The predicted molar refractivity (Wildman–Crippen MR) is 65.3 cm³/mol. The first-order chi connectivity index (χ1) is 8.27. The summed E-state index contributed by atoms with van der Waals surface area (Å²) in [6.45, 7) is 3.51. The third-order valence-corrected chi connectivity index (χ3v) is 2.46. The van der Waals surface area contributed by atoms with Crippen LogP contribution >= 0.6 is 0 Å². The fraction of sp³-hybridized carbons (Fsp3) is 0.429. The Bertz CT molecular complexity index is 330. The molecule has 1 rings (SSSR count). The van der Waals surface area contributed by atoms with E-state index < -0.39 is 5.97 Å². The summed E-state index contributed by atoms with van der Waals surface area (Å²) < 4.78 is 9.64. The van der Waals surface area contributed by atoms with Crippen molar-refractivity contribution in [2.24, 2.45) is 0 Å². The average molecular weight is 234 g/mol. The van der Waals surface area contributed by atoms with Crippen LogP contribution in [0, 0.1) is 7.11 Å². The zero-order chi connectivity index (χ0) is 12.5. The standard InChI is InChI=1S/C14H18O3/c1-3-4-5-10-17-11-12-6-8-13(9-7-12)14(15)16-2/h2,6-9H,3-5,10-11H2,1H3. The van der Waals surface area contributed by atoms with E-state index >= 15 is 0 Å². The van der Waals surface area contributed by atoms with E-state index in [0.29, 0.717) is 12.2 Å². The van der Waals surface area contributed by atoms with Gasteiger partial charge in [0, 0.05) is 6.61 Å². The SMILES string of the molecule is [CH]OC(=O)c1ccc(COCCCCC)cc1. The largest absolute Gasteiger partial charge is 0.450 e. The van der Waals surface area contributed by atoms with Gasteiger partial charge in [0.15, 0.2) is 7.11 Å². The molecule has 0 atom stereocenters. The quantitative estimate of drug-likeness (QED) is 0.536. The fourth-order valence-corrected chi connectivity index (χ4v) is 1.45. The Morgan fingerprint density at radius 1 is 1.24 bits per heavy atom. The van der Waals surface area contributed by atoms with E-state index in [1.807, 2.05) is 12.1 Å². The summed E-state index contributed by atoms with van der Waals surface area (Å²) in [5.74, 6) is -0.527. The molecule has 92 valence electrons. The lowest BCUT2D eigenvalue weighted by Crippen LogP contribution is -2.00. The van der Waals surface area contributed by atoms with Gasteiger partial charge in [0.05, 0.1) is 12.2 Å². The molecule has 3 heteroatoms. The minimum Gasteiger partial charge on any atom is -0.450 e. The highest BCUT2D eigenvalue weighted by atomic mass is 16.5. The van der Waals surface area contributed by atoms with Crippen LogP contribution in [-0.2, 0) is 16.1 Å². The number of carbonyl (C=O) groups is 1. The molecule has 1 aromatic carbocycles. The van der Waals surface area contributed by atoms with Gasteiger partial charge in [0.1, 0.15) is 0 Å². The molecule has 0 aliphatic heterocycles. The monoisotopic (exact) mass is 234 g/mol. The zero-order valence-corrected chi connectivity index (χ0v) is 10.1. The van der Waals surface area contributed by atoms with Gasteiger partial charge in [0.25, 0.3) is 0 Å². The van der Waals surface area contributed by atoms with Gasteiger partial charge < -0.3 is 9.47 Å². The highest BCUT2D eigenvalue weighted by Gasteiger charge is 2.04. The van der Waals surface area contributed by atoms with E-state index in [-0.39, 0.29) is 0 Å². The summed E-state index contributed by atoms with van der Waals surface area (Å²) in [6.07, 6.45) is 3.48. The number of rotatable bonds is 7. The number of unbranched alkanes of at least 4 members (excludes halogenated alkanes) is 2. The molecule has 0 saturated carbocycles. The first-order valence-electron chi connectivity index (χ1n) is 5.85. The molecule has 0 saturated heterocycles. The Labute approximate surface area is 103 Å². The zero-order valence-electron chi connectivity index (χ0n) is 10.1. The summed E-state index contributed by atoms with van der Waals surface area (Å²) in [5.41, 5.74) is 1.48. The van der Waals surface area contributed by atoms with Gasteiger partial charge in [-0.1, -0.05) is 31.9 Å². The molecule has 0 heterocycles. The minimum atomic E-state index is -0.527. The molecular formula is C14H18O3. The molecule has 0 unspecified atom stereocenters. The Kier molecular flexibility index (Phi) is 6.33. The maximum atomic E-state index is 11.1. The fourth-order valence-electron chi connectivity index (χ4n) is 1.45. The van der Waals surface area contributed by atoms with Crippen LogP contribution in [0.25, 0.3) is 0 Å². The normalized spacial score (nSPS) is 10.2. The lowest BCUT2D eigenvalue weighted by Gasteiger charge is -2.04. The summed E-state index contributed by atoms with van der Waals surface area (Å²) in [6, 6.07) is 7.04. The molecule has 1 aromatic rings. The van der Waals surface area contributed by atoms with Crippen LogP contribution < -0.4 is 0 Å². The highest BCUT2D eigenvalue weighted by molar-refractivity contribution is 5.89. The predicted octanol–water partition coefficient (Wildman–Crippen LogP) is 3.22. The van der Waals surface area contributed by atoms with Crippen molar-refractivity contribution in [3.05, 3.63) is 42.5 Å². The molecule has 0 spiro atoms. The van der Waals surface area contributed by atoms with E-state index in [9.17, 15) is 4.79 Å². The first-order valence-corrected chi connectivity index (χ1v) is 5.85. The number of hydrogen-bond acceptors (Lipinski definition) is 3. The minimum absolute atomic E-state index is 0.447. The van der Waals surface area contributed by atoms with Gasteiger partial charge in [-0.25, -0.2) is 4.79 Å². The molecule has 3 nitrogen and oxygen atoms in total. The Morgan fingerprint density at radius 3 is 2.53 bits per heavy atom. The van der Waals surface area contributed by atoms with Crippen molar-refractivity contribution in [2.75, 3.05) is 6.61 Å². The van der Waals surface area contributed by atoms with Crippen LogP contribution in [0.4, 0.5) is 0 Å². The van der Waals surface area contributed by atoms with Gasteiger partial charge >= 0.3 is 5.97 Å². The van der Waals surface area contributed by atoms with E-state index in [2.05, 4.69) is 11.7 Å². The second kappa shape index (κ2) is 7.85. The molecule has 0 fully saturated rings. The molecule has 0 N–H and O–H groups in total. The lowest BCUT2D eigenvalue weighted by molar-refractivity contribution is 0.0653. The van der Waals surface area contributed by atoms with Crippen molar-refractivity contribution in [2.45, 2.75) is 32.8 Å². The van der Waals surface area contributed by atoms with Gasteiger partial charge in [-0.2, -0.15) is 0 Å². The van der Waals surface area contributed by atoms with Crippen molar-refractivity contribution in [3.63, 3.8) is 0 Å². The molecule has 0 aliphatic carbocycles. The van der Waals surface area contributed by atoms with Crippen LogP contribution in [0.1, 0.15) is 42.1 Å². The highest BCUT2D eigenvalue weighted by Crippen LogP contribution is 2.07. The average Bonchev–Trinajstić information content (AvgIpc) is 2.38. The summed E-state index contributed by atoms with van der Waals surface area (Å²) in [5, 5.41) is 0. The second-order valence-electron chi connectivity index (χ2n) is 3.86. The Balaban J connectivity index is 2.33. The van der Waals surface area contributed by atoms with E-state index in [1.54, 1.807) is 12.1 Å². The maximum Gasteiger partial charge on any atom is 0.338 e. The summed E-state index contributed by atoms with van der Waals surface area (Å²) in [7, 11) is 4.79. The van der Waals surface area contributed by atoms with Crippen LogP contribution in [-0.4, -0.2) is 12.6 Å². The number of hydrogen-bond donors (Lipinski definition) is 0. The van der Waals surface area contributed by atoms with Gasteiger partial charge in [0.2, 0.25) is 0 Å². The number of ether oxygens (including phenoxy) is 2. The number of carbonyl (C=O) groups excluding carboxylic acids is 1. The number of esters is 1. The molecule has 0 bridgehead atoms. The summed E-state index contributed by atoms with van der Waals surface area (Å²) in [4.78, 5) is 11.1. The van der Waals surface area contributed by atoms with Gasteiger partial charge in [-0.3, -0.25) is 0 Å². The van der Waals surface area contributed by atoms with E-state index in [4.69, 9.17) is 11.8 Å². The first kappa shape index (κ1) is 13.7. The lowest BCUT2D eigenvalue weighted by atomic mass is 10.1. The van der Waals surface area contributed by atoms with E-state index in [0.717, 1.165) is 18.6 Å². The van der Waals surface area contributed by atoms with Crippen LogP contribution in [0.15, 0.2) is 24.3 Å². The third-order valence-electron chi connectivity index (χ3n) is 2.46. The van der Waals surface area contributed by atoms with Crippen LogP contribution in [0.2, 0.25) is 0 Å². The molecule has 0 amide bonds. The third kappa shape index (κ3) is 5.00. The molecule has 2 radical (unpaired) electrons. The van der Waals surface area contributed by atoms with Crippen LogP contribution in [0.3, 0.4) is 0 Å². The van der Waals surface area contributed by atoms with E-state index in [1.165, 1.54) is 12.8 Å². The Morgan fingerprint density at radius 2 is 1.94 bits per heavy atom. The smallest absolute Gasteiger partial charge is 0.338 e. The molecule has 0 aliphatic rings. The number of benzene rings is 1. The summed E-state index contributed by atoms with van der Waals surface area (Å²) >= 11 is 0. The Hall–Kier alpha value is -1.35. The van der Waals surface area contributed by atoms with Crippen molar-refractivity contribution < 1.29 is 14.3 Å². The topological polar surface area (TPSA) is 35.5 Å². The molecule has 0 aromatic heterocycles. The van der Waals surface area contributed by atoms with Crippen molar-refractivity contribution in [1.82, 2.24) is 0 Å². The van der Waals surface area contributed by atoms with Crippen molar-refractivity contribution in [3.8, 4) is 0 Å².